The lowest BCUT2D eigenvalue weighted by atomic mass is 9.77. The Morgan fingerprint density at radius 2 is 1.91 bits per heavy atom. The van der Waals surface area contributed by atoms with Crippen LogP contribution in [0.5, 0.6) is 0 Å². The van der Waals surface area contributed by atoms with Crippen molar-refractivity contribution in [2.45, 2.75) is 49.6 Å². The molecular formula is C25H30F4N4OS. The van der Waals surface area contributed by atoms with Gasteiger partial charge in [0.25, 0.3) is 5.92 Å². The molecule has 3 aliphatic rings. The van der Waals surface area contributed by atoms with Crippen molar-refractivity contribution in [1.82, 2.24) is 19.6 Å². The van der Waals surface area contributed by atoms with Crippen LogP contribution in [0.4, 0.5) is 17.6 Å². The number of aryl methyl sites for hydroxylation is 1. The Morgan fingerprint density at radius 3 is 2.63 bits per heavy atom. The highest BCUT2D eigenvalue weighted by atomic mass is 32.2. The van der Waals surface area contributed by atoms with Gasteiger partial charge in [-0.15, -0.1) is 0 Å². The molecule has 5 nitrogen and oxygen atoms in total. The monoisotopic (exact) mass is 510 g/mol. The zero-order valence-corrected chi connectivity index (χ0v) is 20.9. The van der Waals surface area contributed by atoms with Gasteiger partial charge in [-0.3, -0.25) is 4.90 Å². The summed E-state index contributed by atoms with van der Waals surface area (Å²) in [6.45, 7) is 3.74. The van der Waals surface area contributed by atoms with Gasteiger partial charge in [0.2, 0.25) is 0 Å². The molecule has 5 rings (SSSR count). The van der Waals surface area contributed by atoms with E-state index in [1.807, 2.05) is 38.2 Å². The van der Waals surface area contributed by atoms with E-state index in [0.717, 1.165) is 34.7 Å². The summed E-state index contributed by atoms with van der Waals surface area (Å²) in [6.07, 6.45) is 4.08. The Hall–Kier alpha value is -1.88. The summed E-state index contributed by atoms with van der Waals surface area (Å²) in [6, 6.07) is 5.05. The second-order valence-corrected chi connectivity index (χ2v) is 11.2. The number of nitrogens with zero attached hydrogens (tertiary/aromatic N) is 4. The van der Waals surface area contributed by atoms with E-state index in [-0.39, 0.29) is 5.82 Å². The molecule has 0 aliphatic carbocycles. The lowest BCUT2D eigenvalue weighted by molar-refractivity contribution is -0.215. The van der Waals surface area contributed by atoms with Crippen molar-refractivity contribution < 1.29 is 22.3 Å². The number of benzene rings is 1. The maximum Gasteiger partial charge on any atom is 0.278 e. The molecule has 2 fully saturated rings. The van der Waals surface area contributed by atoms with Crippen LogP contribution in [0.25, 0.3) is 5.69 Å². The first-order valence-corrected chi connectivity index (χ1v) is 12.7. The van der Waals surface area contributed by atoms with E-state index in [1.54, 1.807) is 10.7 Å². The Balaban J connectivity index is 1.29. The first-order chi connectivity index (χ1) is 16.6. The van der Waals surface area contributed by atoms with E-state index < -0.39 is 34.5 Å². The number of hydrogen-bond donors (Lipinski definition) is 0. The summed E-state index contributed by atoms with van der Waals surface area (Å²) in [5.41, 5.74) is 2.35. The first kappa shape index (κ1) is 24.8. The van der Waals surface area contributed by atoms with E-state index in [1.165, 1.54) is 6.07 Å². The van der Waals surface area contributed by atoms with Crippen molar-refractivity contribution in [3.8, 4) is 5.69 Å². The van der Waals surface area contributed by atoms with Crippen LogP contribution in [0, 0.1) is 18.7 Å². The lowest BCUT2D eigenvalue weighted by Gasteiger charge is -2.51. The molecule has 4 heterocycles. The molecule has 2 atom stereocenters. The Morgan fingerprint density at radius 1 is 1.17 bits per heavy atom. The maximum atomic E-state index is 14.8. The third-order valence-corrected chi connectivity index (χ3v) is 8.66. The number of ether oxygens (including phenoxy) is 1. The van der Waals surface area contributed by atoms with Crippen LogP contribution in [0.3, 0.4) is 0 Å². The average Bonchev–Trinajstić information content (AvgIpc) is 3.36. The highest BCUT2D eigenvalue weighted by molar-refractivity contribution is 8.03. The molecular weight excluding hydrogens is 480 g/mol. The molecule has 1 spiro atoms. The fraction of sp³-hybridized carbons (Fsp3) is 0.560. The summed E-state index contributed by atoms with van der Waals surface area (Å²) in [5, 5.41) is 3.46. The van der Waals surface area contributed by atoms with Gasteiger partial charge in [-0.05, 0) is 51.6 Å². The molecule has 0 saturated carbocycles. The smallest absolute Gasteiger partial charge is 0.278 e. The van der Waals surface area contributed by atoms with Crippen molar-refractivity contribution in [2.75, 3.05) is 33.8 Å². The second-order valence-electron chi connectivity index (χ2n) is 10.1. The number of para-hydroxylation sites is 1. The van der Waals surface area contributed by atoms with Gasteiger partial charge in [0.15, 0.2) is 5.16 Å². The molecule has 2 saturated heterocycles. The third-order valence-electron chi connectivity index (χ3n) is 7.32. The number of likely N-dealkylation sites (tertiary alicyclic amines) is 1. The van der Waals surface area contributed by atoms with Gasteiger partial charge < -0.3 is 9.64 Å². The van der Waals surface area contributed by atoms with E-state index in [0.29, 0.717) is 44.7 Å². The molecule has 1 aromatic heterocycles. The third kappa shape index (κ3) is 4.65. The predicted molar refractivity (Wildman–Crippen MR) is 128 cm³/mol. The zero-order valence-electron chi connectivity index (χ0n) is 20.1. The summed E-state index contributed by atoms with van der Waals surface area (Å²) in [4.78, 5) is 4.22. The normalized spacial score (nSPS) is 25.8. The summed E-state index contributed by atoms with van der Waals surface area (Å²) in [5.74, 6) is -4.49. The Kier molecular flexibility index (Phi) is 6.52. The van der Waals surface area contributed by atoms with Crippen molar-refractivity contribution in [1.29, 1.82) is 0 Å². The molecule has 10 heteroatoms. The molecule has 35 heavy (non-hydrogen) atoms. The highest BCUT2D eigenvalue weighted by Crippen LogP contribution is 2.55. The second kappa shape index (κ2) is 9.21. The summed E-state index contributed by atoms with van der Waals surface area (Å²) in [7, 11) is 3.87. The molecule has 3 aliphatic heterocycles. The van der Waals surface area contributed by atoms with Gasteiger partial charge in [-0.25, -0.2) is 17.9 Å². The molecule has 2 aromatic rings. The van der Waals surface area contributed by atoms with E-state index in [4.69, 9.17) is 4.74 Å². The largest absolute Gasteiger partial charge is 0.367 e. The average molecular weight is 511 g/mol. The number of thioether (sulfide) groups is 1. The highest BCUT2D eigenvalue weighted by Gasteiger charge is 2.60. The fourth-order valence-electron chi connectivity index (χ4n) is 5.47. The van der Waals surface area contributed by atoms with Gasteiger partial charge >= 0.3 is 0 Å². The minimum atomic E-state index is -3.04. The SMILES string of the molecule is Cc1nn(-c2c(F)cccc2CN(C)C)cc1CN1CCC2(CC1)OCC(F)(F)C1C=C(F)SC12. The Bertz CT molecular complexity index is 1130. The Labute approximate surface area is 207 Å². The quantitative estimate of drug-likeness (QED) is 0.534. The lowest BCUT2D eigenvalue weighted by Crippen LogP contribution is -2.61. The topological polar surface area (TPSA) is 33.5 Å². The van der Waals surface area contributed by atoms with Gasteiger partial charge in [-0.2, -0.15) is 9.49 Å². The molecule has 1 aromatic carbocycles. The number of piperidine rings is 1. The van der Waals surface area contributed by atoms with Crippen LogP contribution >= 0.6 is 11.8 Å². The fourth-order valence-corrected chi connectivity index (χ4v) is 6.88. The van der Waals surface area contributed by atoms with Crippen LogP contribution in [0.2, 0.25) is 0 Å². The van der Waals surface area contributed by atoms with Crippen LogP contribution < -0.4 is 0 Å². The molecule has 190 valence electrons. The van der Waals surface area contributed by atoms with Crippen LogP contribution in [-0.2, 0) is 17.8 Å². The van der Waals surface area contributed by atoms with Crippen LogP contribution in [-0.4, -0.2) is 70.1 Å². The van der Waals surface area contributed by atoms with E-state index in [9.17, 15) is 17.6 Å². The van der Waals surface area contributed by atoms with Crippen LogP contribution in [0.1, 0.15) is 29.7 Å². The molecule has 0 radical (unpaired) electrons. The number of rotatable bonds is 5. The predicted octanol–water partition coefficient (Wildman–Crippen LogP) is 4.92. The van der Waals surface area contributed by atoms with Gasteiger partial charge in [0, 0.05) is 37.9 Å². The minimum absolute atomic E-state index is 0.325. The van der Waals surface area contributed by atoms with E-state index in [2.05, 4.69) is 10.00 Å². The molecule has 2 unspecified atom stereocenters. The first-order valence-electron chi connectivity index (χ1n) is 11.8. The van der Waals surface area contributed by atoms with Crippen molar-refractivity contribution in [3.05, 3.63) is 58.3 Å². The van der Waals surface area contributed by atoms with Crippen LogP contribution in [0.15, 0.2) is 35.6 Å². The number of hydrogen-bond acceptors (Lipinski definition) is 5. The maximum absolute atomic E-state index is 14.8. The number of halogens is 4. The minimum Gasteiger partial charge on any atom is -0.367 e. The van der Waals surface area contributed by atoms with Gasteiger partial charge in [-0.1, -0.05) is 23.9 Å². The molecule has 0 amide bonds. The number of aromatic nitrogens is 2. The van der Waals surface area contributed by atoms with Gasteiger partial charge in [0.1, 0.15) is 18.1 Å². The molecule has 0 N–H and O–H groups in total. The standard InChI is InChI=1S/C25H30F4N4OS/c1-16-18(14-33(30-16)22-17(12-31(2)3)5-4-6-20(22)26)13-32-9-7-24(8-10-32)23-19(11-21(27)35-23)25(28,29)15-34-24/h4-6,11,14,19,23H,7-10,12-13,15H2,1-3H3. The molecule has 0 bridgehead atoms. The number of alkyl halides is 2. The number of fused-ring (bicyclic) bond motifs is 2. The summed E-state index contributed by atoms with van der Waals surface area (Å²) < 4.78 is 64.8. The van der Waals surface area contributed by atoms with Crippen molar-refractivity contribution in [3.63, 3.8) is 0 Å². The van der Waals surface area contributed by atoms with E-state index >= 15 is 0 Å². The van der Waals surface area contributed by atoms with Gasteiger partial charge in [0.05, 0.1) is 22.5 Å². The zero-order chi connectivity index (χ0) is 25.0. The van der Waals surface area contributed by atoms with Crippen molar-refractivity contribution in [2.24, 2.45) is 5.92 Å². The van der Waals surface area contributed by atoms with Crippen molar-refractivity contribution >= 4 is 11.8 Å². The summed E-state index contributed by atoms with van der Waals surface area (Å²) >= 11 is 0.891. The number of allylic oxidation sites excluding steroid dienone is 1.